The Morgan fingerprint density at radius 3 is 2.72 bits per heavy atom. The normalized spacial score (nSPS) is 26.9. The lowest BCUT2D eigenvalue weighted by Crippen LogP contribution is -2.29. The number of aromatic nitrogens is 6. The van der Waals surface area contributed by atoms with Crippen molar-refractivity contribution in [3.05, 3.63) is 35.4 Å². The van der Waals surface area contributed by atoms with Crippen LogP contribution in [-0.2, 0) is 27.6 Å². The number of imidazole rings is 1. The molecule has 6 atom stereocenters. The van der Waals surface area contributed by atoms with Gasteiger partial charge in [0.15, 0.2) is 11.5 Å². The number of hydrogen-bond acceptors (Lipinski definition) is 15. The molecule has 39 heavy (non-hydrogen) atoms. The Morgan fingerprint density at radius 2 is 1.95 bits per heavy atom. The third-order valence-corrected chi connectivity index (χ3v) is 7.56. The quantitative estimate of drug-likeness (QED) is 0.194. The van der Waals surface area contributed by atoms with Crippen molar-refractivity contribution >= 4 is 39.2 Å². The van der Waals surface area contributed by atoms with Crippen LogP contribution in [0.25, 0.3) is 11.2 Å². The Bertz CT molecular complexity index is 1420. The predicted molar refractivity (Wildman–Crippen MR) is 132 cm³/mol. The Morgan fingerprint density at radius 1 is 1.13 bits per heavy atom. The van der Waals surface area contributed by atoms with Crippen LogP contribution in [0.2, 0.25) is 0 Å². The van der Waals surface area contributed by atoms with E-state index in [0.29, 0.717) is 24.0 Å². The maximum absolute atomic E-state index is 12.8. The third-order valence-electron chi connectivity index (χ3n) is 6.17. The van der Waals surface area contributed by atoms with E-state index in [-0.39, 0.29) is 24.7 Å². The van der Waals surface area contributed by atoms with Crippen molar-refractivity contribution in [2.24, 2.45) is 0 Å². The molecule has 0 aliphatic carbocycles. The van der Waals surface area contributed by atoms with Crippen LogP contribution < -0.4 is 17.2 Å². The molecule has 0 aromatic carbocycles. The fraction of sp³-hybridized carbons (Fsp3) is 0.526. The van der Waals surface area contributed by atoms with Crippen molar-refractivity contribution in [1.29, 1.82) is 0 Å². The average Bonchev–Trinajstić information content (AvgIpc) is 3.60. The van der Waals surface area contributed by atoms with Gasteiger partial charge in [-0.25, -0.2) is 24.3 Å². The van der Waals surface area contributed by atoms with Crippen LogP contribution in [0.5, 0.6) is 0 Å². The van der Waals surface area contributed by atoms with Gasteiger partial charge in [-0.3, -0.25) is 18.2 Å². The minimum Gasteiger partial charge on any atom is -0.383 e. The van der Waals surface area contributed by atoms with E-state index in [2.05, 4.69) is 19.9 Å². The fourth-order valence-electron chi connectivity index (χ4n) is 4.39. The van der Waals surface area contributed by atoms with Gasteiger partial charge >= 0.3 is 22.1 Å². The highest BCUT2D eigenvalue weighted by atomic mass is 31.2. The molecule has 212 valence electrons. The minimum atomic E-state index is -4.66. The second kappa shape index (κ2) is 11.5. The molecule has 0 radical (unpaired) electrons. The highest BCUT2D eigenvalue weighted by Crippen LogP contribution is 2.49. The summed E-state index contributed by atoms with van der Waals surface area (Å²) < 4.78 is 42.7. The zero-order chi connectivity index (χ0) is 27.7. The molecular formula is C19H26N8O10P2. The molecule has 3 aromatic rings. The van der Waals surface area contributed by atoms with E-state index in [4.69, 9.17) is 44.3 Å². The van der Waals surface area contributed by atoms with Gasteiger partial charge in [-0.2, -0.15) is 4.98 Å². The molecule has 0 saturated carbocycles. The summed E-state index contributed by atoms with van der Waals surface area (Å²) in [6.45, 7) is -0.649. The molecule has 7 N–H and O–H groups in total. The van der Waals surface area contributed by atoms with Crippen molar-refractivity contribution in [1.82, 2.24) is 29.1 Å². The predicted octanol–water partition coefficient (Wildman–Crippen LogP) is -0.0570. The minimum absolute atomic E-state index is 0.0105. The molecular weight excluding hydrogens is 562 g/mol. The van der Waals surface area contributed by atoms with E-state index in [0.717, 1.165) is 4.57 Å². The van der Waals surface area contributed by atoms with Crippen LogP contribution in [0.3, 0.4) is 0 Å². The van der Waals surface area contributed by atoms with Crippen molar-refractivity contribution in [3.8, 4) is 0 Å². The van der Waals surface area contributed by atoms with Gasteiger partial charge in [0.2, 0.25) is 0 Å². The molecule has 18 nitrogen and oxygen atoms in total. The number of anilines is 2. The van der Waals surface area contributed by atoms with Crippen LogP contribution in [0, 0.1) is 0 Å². The zero-order valence-corrected chi connectivity index (χ0v) is 22.0. The van der Waals surface area contributed by atoms with Crippen molar-refractivity contribution in [2.75, 3.05) is 24.7 Å². The van der Waals surface area contributed by atoms with Crippen molar-refractivity contribution in [2.45, 2.75) is 50.0 Å². The monoisotopic (exact) mass is 588 g/mol. The lowest BCUT2D eigenvalue weighted by molar-refractivity contribution is -0.0475. The van der Waals surface area contributed by atoms with Crippen LogP contribution in [0.15, 0.2) is 29.7 Å². The molecule has 5 unspecified atom stereocenters. The Hall–Kier alpha value is -2.63. The van der Waals surface area contributed by atoms with Gasteiger partial charge in [-0.15, -0.1) is 0 Å². The van der Waals surface area contributed by atoms with Crippen LogP contribution >= 0.6 is 16.4 Å². The summed E-state index contributed by atoms with van der Waals surface area (Å²) in [7, 11) is -7.38. The summed E-state index contributed by atoms with van der Waals surface area (Å²) in [5, 5.41) is 0. The topological polar surface area (TPSA) is 254 Å². The fourth-order valence-corrected chi connectivity index (χ4v) is 5.65. The van der Waals surface area contributed by atoms with Gasteiger partial charge in [-0.05, 0) is 18.9 Å². The van der Waals surface area contributed by atoms with Gasteiger partial charge in [0.1, 0.15) is 42.3 Å². The summed E-state index contributed by atoms with van der Waals surface area (Å²) in [4.78, 5) is 56.8. The number of phosphoric ester groups is 1. The number of phosphoric acid groups is 1. The zero-order valence-electron chi connectivity index (χ0n) is 20.2. The molecule has 2 aliphatic heterocycles. The Labute approximate surface area is 221 Å². The number of nitrogens with two attached hydrogens (primary N) is 2. The summed E-state index contributed by atoms with van der Waals surface area (Å²) in [6.07, 6.45) is 1.15. The molecule has 20 heteroatoms. The summed E-state index contributed by atoms with van der Waals surface area (Å²) in [5.41, 5.74) is 11.6. The second-order valence-electron chi connectivity index (χ2n) is 8.74. The van der Waals surface area contributed by atoms with E-state index in [1.807, 2.05) is 0 Å². The van der Waals surface area contributed by atoms with Gasteiger partial charge < -0.3 is 40.1 Å². The SMILES string of the molecule is Nc1ccn(C2C[C@H](OP(=O)(O)OCC3CCC(n4cnc5c(N)ncnc54)O3)C(COP(O)O)O2)c(=O)n1. The molecule has 0 bridgehead atoms. The molecule has 0 amide bonds. The number of nitrogen functional groups attached to an aromatic ring is 2. The second-order valence-corrected chi connectivity index (χ2v) is 10.9. The lowest BCUT2D eigenvalue weighted by atomic mass is 10.2. The number of hydrogen-bond donors (Lipinski definition) is 5. The van der Waals surface area contributed by atoms with Crippen LogP contribution in [-0.4, -0.2) is 75.3 Å². The highest BCUT2D eigenvalue weighted by molar-refractivity contribution is 7.47. The van der Waals surface area contributed by atoms with E-state index in [9.17, 15) is 14.3 Å². The maximum Gasteiger partial charge on any atom is 0.472 e. The first-order chi connectivity index (χ1) is 18.6. The molecule has 2 aliphatic rings. The summed E-state index contributed by atoms with van der Waals surface area (Å²) >= 11 is 0. The van der Waals surface area contributed by atoms with Crippen molar-refractivity contribution < 1.29 is 42.3 Å². The lowest BCUT2D eigenvalue weighted by Gasteiger charge is -2.22. The first-order valence-electron chi connectivity index (χ1n) is 11.6. The van der Waals surface area contributed by atoms with Crippen LogP contribution in [0.4, 0.5) is 11.6 Å². The summed E-state index contributed by atoms with van der Waals surface area (Å²) in [6, 6.07) is 1.38. The first-order valence-corrected chi connectivity index (χ1v) is 14.3. The summed E-state index contributed by atoms with van der Waals surface area (Å²) in [5.74, 6) is 0.250. The van der Waals surface area contributed by atoms with Gasteiger partial charge in [0.25, 0.3) is 0 Å². The number of ether oxygens (including phenoxy) is 2. The third kappa shape index (κ3) is 6.41. The largest absolute Gasteiger partial charge is 0.472 e. The molecule has 2 fully saturated rings. The number of nitrogens with zero attached hydrogens (tertiary/aromatic N) is 6. The molecule has 5 rings (SSSR count). The maximum atomic E-state index is 12.8. The molecule has 5 heterocycles. The first kappa shape index (κ1) is 27.9. The Kier molecular flexibility index (Phi) is 8.21. The highest BCUT2D eigenvalue weighted by Gasteiger charge is 2.43. The van der Waals surface area contributed by atoms with E-state index in [1.54, 1.807) is 4.57 Å². The van der Waals surface area contributed by atoms with Crippen LogP contribution in [0.1, 0.15) is 31.7 Å². The van der Waals surface area contributed by atoms with E-state index < -0.39 is 59.5 Å². The standard InChI is InChI=1S/C19H26N8O10P2/c20-13-3-4-26(19(28)25-13)15-5-11(12(36-15)7-33-38(29)30)37-39(31,32)34-6-10-1-2-14(35-10)27-9-24-16-17(21)22-8-23-18(16)27/h3-4,8-12,14-15,29-30H,1-2,5-7H2,(H,31,32)(H2,20,25,28)(H2,21,22,23)/t10?,11-,12?,14?,15?/m0/s1. The number of rotatable bonds is 10. The van der Waals surface area contributed by atoms with Gasteiger partial charge in [0, 0.05) is 12.6 Å². The molecule has 0 spiro atoms. The average molecular weight is 588 g/mol. The smallest absolute Gasteiger partial charge is 0.383 e. The van der Waals surface area contributed by atoms with Gasteiger partial charge in [0.05, 0.1) is 25.6 Å². The van der Waals surface area contributed by atoms with E-state index >= 15 is 0 Å². The number of fused-ring (bicyclic) bond motifs is 1. The van der Waals surface area contributed by atoms with Gasteiger partial charge in [-0.1, -0.05) is 0 Å². The van der Waals surface area contributed by atoms with E-state index in [1.165, 1.54) is 24.9 Å². The molecule has 2 saturated heterocycles. The molecule has 3 aromatic heterocycles. The Balaban J connectivity index is 1.20. The van der Waals surface area contributed by atoms with Crippen molar-refractivity contribution in [3.63, 3.8) is 0 Å².